The van der Waals surface area contributed by atoms with Crippen molar-refractivity contribution in [2.45, 2.75) is 63.2 Å². The van der Waals surface area contributed by atoms with Gasteiger partial charge in [0.2, 0.25) is 0 Å². The molecule has 14 heteroatoms. The quantitative estimate of drug-likeness (QED) is 0.116. The Bertz CT molecular complexity index is 557. The summed E-state index contributed by atoms with van der Waals surface area (Å²) in [5.41, 5.74) is 6.83. The fraction of sp³-hybridized carbons (Fsp3) is 0.846. The molecule has 0 aliphatic rings. The van der Waals surface area contributed by atoms with E-state index in [1.165, 1.54) is 0 Å². The molecule has 0 aliphatic carbocycles. The minimum absolute atomic E-state index is 0.0882. The van der Waals surface area contributed by atoms with Crippen LogP contribution < -0.4 is 11.5 Å². The molecule has 10 N–H and O–H groups in total. The molecule has 0 saturated carbocycles. The highest BCUT2D eigenvalue weighted by molar-refractivity contribution is 7.56. The summed E-state index contributed by atoms with van der Waals surface area (Å²) in [4.78, 5) is 55.9. The lowest BCUT2D eigenvalue weighted by Gasteiger charge is -2.22. The molecule has 0 aromatic heterocycles. The first-order valence-corrected chi connectivity index (χ1v) is 11.6. The summed E-state index contributed by atoms with van der Waals surface area (Å²) >= 11 is 0. The number of carboxylic acid groups (broad SMARTS) is 2. The number of unbranched alkanes of at least 4 members (excludes halogenated alkanes) is 2. The van der Waals surface area contributed by atoms with Crippen molar-refractivity contribution in [2.24, 2.45) is 11.5 Å². The number of carbonyl (C=O) groups is 2. The Hall–Kier alpha value is -0.840. The van der Waals surface area contributed by atoms with Crippen LogP contribution in [0.1, 0.15) is 51.9 Å². The third-order valence-corrected chi connectivity index (χ3v) is 6.04. The molecule has 0 heterocycles. The normalized spacial score (nSPS) is 13.4. The Morgan fingerprint density at radius 2 is 1.52 bits per heavy atom. The maximum atomic E-state index is 11.1. The number of carboxylic acids is 2. The maximum absolute atomic E-state index is 11.1. The molecule has 0 radical (unpaired) electrons. The van der Waals surface area contributed by atoms with E-state index in [-0.39, 0.29) is 19.3 Å². The van der Waals surface area contributed by atoms with E-state index >= 15 is 0 Å². The first kappa shape index (κ1) is 28.4. The van der Waals surface area contributed by atoms with Crippen molar-refractivity contribution < 1.29 is 48.5 Å². The minimum Gasteiger partial charge on any atom is -0.481 e. The predicted octanol–water partition coefficient (Wildman–Crippen LogP) is 0.230. The average molecular weight is 436 g/mol. The molecule has 0 amide bonds. The van der Waals surface area contributed by atoms with Crippen LogP contribution in [0.15, 0.2) is 0 Å². The van der Waals surface area contributed by atoms with Crippen LogP contribution in [0.4, 0.5) is 0 Å². The van der Waals surface area contributed by atoms with Crippen LogP contribution in [-0.4, -0.2) is 59.2 Å². The van der Waals surface area contributed by atoms with Gasteiger partial charge in [-0.25, -0.2) is 4.79 Å². The standard InChI is InChI=1S/C7H18N2O8P2.C6H12O2/c8-7(9,6(10)11)3-1-2-5(19(15,16)17)4-18(12,13)14;1-2-3-4-5-6(7)8/h5H,1-4,8-9H2,(H,10,11)(H2,12,13,14)(H2,15,16,17);2-5H2,1H3,(H,7,8). The summed E-state index contributed by atoms with van der Waals surface area (Å²) in [5.74, 6) is -2.16. The summed E-state index contributed by atoms with van der Waals surface area (Å²) in [6.07, 6.45) is 1.64. The van der Waals surface area contributed by atoms with Crippen LogP contribution >= 0.6 is 15.2 Å². The SMILES string of the molecule is CCCCCC(=O)O.NC(N)(CCCC(CP(=O)(O)O)P(=O)(O)O)C(=O)O. The van der Waals surface area contributed by atoms with Gasteiger partial charge in [0, 0.05) is 6.42 Å². The molecule has 0 aromatic carbocycles. The Labute approximate surface area is 157 Å². The first-order valence-electron chi connectivity index (χ1n) is 8.15. The van der Waals surface area contributed by atoms with Crippen molar-refractivity contribution in [1.82, 2.24) is 0 Å². The molecule has 0 saturated heterocycles. The van der Waals surface area contributed by atoms with Crippen molar-refractivity contribution in [3.63, 3.8) is 0 Å². The zero-order valence-electron chi connectivity index (χ0n) is 15.1. The van der Waals surface area contributed by atoms with Gasteiger partial charge in [0.25, 0.3) is 0 Å². The summed E-state index contributed by atoms with van der Waals surface area (Å²) < 4.78 is 21.8. The van der Waals surface area contributed by atoms with Crippen molar-refractivity contribution in [2.75, 3.05) is 6.16 Å². The summed E-state index contributed by atoms with van der Waals surface area (Å²) in [6, 6.07) is 0. The van der Waals surface area contributed by atoms with Gasteiger partial charge in [0.15, 0.2) is 5.66 Å². The molecule has 0 aliphatic heterocycles. The number of hydrogen-bond acceptors (Lipinski definition) is 6. The first-order chi connectivity index (χ1) is 12.0. The molecule has 27 heavy (non-hydrogen) atoms. The van der Waals surface area contributed by atoms with Gasteiger partial charge < -0.3 is 41.3 Å². The van der Waals surface area contributed by atoms with Gasteiger partial charge in [0.05, 0.1) is 11.8 Å². The van der Waals surface area contributed by atoms with Crippen LogP contribution in [0.3, 0.4) is 0 Å². The monoisotopic (exact) mass is 436 g/mol. The molecule has 1 unspecified atom stereocenters. The largest absolute Gasteiger partial charge is 0.481 e. The molecular weight excluding hydrogens is 406 g/mol. The Balaban J connectivity index is 0. The molecule has 0 bridgehead atoms. The molecule has 0 rings (SSSR count). The van der Waals surface area contributed by atoms with Crippen LogP contribution in [0.2, 0.25) is 0 Å². The molecule has 0 fully saturated rings. The van der Waals surface area contributed by atoms with E-state index < -0.39 is 44.6 Å². The Morgan fingerprint density at radius 1 is 1.00 bits per heavy atom. The van der Waals surface area contributed by atoms with Crippen molar-refractivity contribution in [1.29, 1.82) is 0 Å². The molecule has 0 aromatic rings. The number of rotatable bonds is 12. The van der Waals surface area contributed by atoms with Crippen LogP contribution in [0.5, 0.6) is 0 Å². The Morgan fingerprint density at radius 3 is 1.85 bits per heavy atom. The summed E-state index contributed by atoms with van der Waals surface area (Å²) in [5, 5.41) is 16.8. The van der Waals surface area contributed by atoms with Gasteiger partial charge in [-0.3, -0.25) is 13.9 Å². The van der Waals surface area contributed by atoms with E-state index in [9.17, 15) is 18.7 Å². The van der Waals surface area contributed by atoms with E-state index in [1.807, 2.05) is 0 Å². The van der Waals surface area contributed by atoms with Gasteiger partial charge in [-0.05, 0) is 25.7 Å². The lowest BCUT2D eigenvalue weighted by Crippen LogP contribution is -2.56. The van der Waals surface area contributed by atoms with Gasteiger partial charge in [-0.15, -0.1) is 0 Å². The number of aliphatic carboxylic acids is 2. The van der Waals surface area contributed by atoms with E-state index in [0.29, 0.717) is 6.42 Å². The lowest BCUT2D eigenvalue weighted by molar-refractivity contribution is -0.143. The Kier molecular flexibility index (Phi) is 13.2. The van der Waals surface area contributed by atoms with E-state index in [4.69, 9.17) is 41.3 Å². The van der Waals surface area contributed by atoms with Crippen LogP contribution in [-0.2, 0) is 18.7 Å². The second-order valence-corrected chi connectivity index (χ2v) is 9.78. The number of hydrogen-bond donors (Lipinski definition) is 8. The average Bonchev–Trinajstić information content (AvgIpc) is 2.44. The maximum Gasteiger partial charge on any atom is 0.338 e. The van der Waals surface area contributed by atoms with Crippen molar-refractivity contribution in [3.05, 3.63) is 0 Å². The zero-order valence-corrected chi connectivity index (χ0v) is 16.9. The van der Waals surface area contributed by atoms with Crippen molar-refractivity contribution in [3.8, 4) is 0 Å². The smallest absolute Gasteiger partial charge is 0.338 e. The van der Waals surface area contributed by atoms with Gasteiger partial charge in [-0.1, -0.05) is 19.8 Å². The molecular formula is C13H30N2O10P2. The van der Waals surface area contributed by atoms with Gasteiger partial charge in [-0.2, -0.15) is 0 Å². The fourth-order valence-corrected chi connectivity index (χ4v) is 4.64. The molecule has 1 atom stereocenters. The third-order valence-electron chi connectivity index (χ3n) is 3.44. The summed E-state index contributed by atoms with van der Waals surface area (Å²) in [6.45, 7) is 2.06. The highest BCUT2D eigenvalue weighted by Crippen LogP contribution is 2.50. The highest BCUT2D eigenvalue weighted by Gasteiger charge is 2.36. The number of nitrogens with two attached hydrogens (primary N) is 2. The van der Waals surface area contributed by atoms with Crippen molar-refractivity contribution >= 4 is 27.1 Å². The van der Waals surface area contributed by atoms with Crippen LogP contribution in [0, 0.1) is 0 Å². The third kappa shape index (κ3) is 17.0. The fourth-order valence-electron chi connectivity index (χ4n) is 1.90. The lowest BCUT2D eigenvalue weighted by atomic mass is 10.0. The summed E-state index contributed by atoms with van der Waals surface area (Å²) in [7, 11) is -9.29. The molecule has 12 nitrogen and oxygen atoms in total. The highest BCUT2D eigenvalue weighted by atomic mass is 31.2. The van der Waals surface area contributed by atoms with E-state index in [1.54, 1.807) is 0 Å². The second-order valence-electron chi connectivity index (χ2n) is 6.18. The van der Waals surface area contributed by atoms with Crippen LogP contribution in [0.25, 0.3) is 0 Å². The van der Waals surface area contributed by atoms with E-state index in [0.717, 1.165) is 19.3 Å². The topological polar surface area (TPSA) is 242 Å². The molecule has 0 spiro atoms. The van der Waals surface area contributed by atoms with Gasteiger partial charge in [0.1, 0.15) is 0 Å². The van der Waals surface area contributed by atoms with E-state index in [2.05, 4.69) is 6.92 Å². The second kappa shape index (κ2) is 12.6. The molecule has 162 valence electrons. The predicted molar refractivity (Wildman–Crippen MR) is 97.1 cm³/mol. The van der Waals surface area contributed by atoms with Gasteiger partial charge >= 0.3 is 27.1 Å². The zero-order chi connectivity index (χ0) is 21.9. The minimum atomic E-state index is -4.70.